The minimum atomic E-state index is -3.78. The zero-order chi connectivity index (χ0) is 40.7. The van der Waals surface area contributed by atoms with Crippen LogP contribution < -0.4 is 0 Å². The largest absolute Gasteiger partial charge is 0.393 e. The SMILES string of the molecule is Cc1ccc(S(=O)(=O)n2ccc3c2ncc2ncc(C4CC(=O)CC4C)n23)cc1.Cc1ccc(S(=O)(=O)n2ccc3c2ncc2ncc(C4CC(O)CC4C)n23)cc1. The fourth-order valence-electron chi connectivity index (χ4n) is 8.71. The van der Waals surface area contributed by atoms with Gasteiger partial charge in [-0.25, -0.2) is 44.7 Å². The van der Waals surface area contributed by atoms with Crippen LogP contribution in [0.4, 0.5) is 0 Å². The van der Waals surface area contributed by atoms with Crippen LogP contribution in [0.5, 0.6) is 0 Å². The summed E-state index contributed by atoms with van der Waals surface area (Å²) in [5.41, 5.74) is 7.28. The number of imidazole rings is 2. The minimum absolute atomic E-state index is 0.0696. The Hall–Kier alpha value is -5.71. The van der Waals surface area contributed by atoms with Crippen LogP contribution in [-0.2, 0) is 24.8 Å². The zero-order valence-corrected chi connectivity index (χ0v) is 34.0. The Kier molecular flexibility index (Phi) is 9.13. The Bertz CT molecular complexity index is 3110. The van der Waals surface area contributed by atoms with E-state index >= 15 is 0 Å². The second kappa shape index (κ2) is 14.0. The van der Waals surface area contributed by atoms with E-state index in [2.05, 4.69) is 33.8 Å². The molecule has 0 aliphatic heterocycles. The molecular weight excluding hydrogens is 777 g/mol. The van der Waals surface area contributed by atoms with Crippen LogP contribution in [0.25, 0.3) is 33.6 Å². The lowest BCUT2D eigenvalue weighted by Crippen LogP contribution is -2.13. The number of aryl methyl sites for hydroxylation is 2. The number of Topliss-reactive ketones (excluding diaryl/α,β-unsaturated/α-hetero) is 1. The summed E-state index contributed by atoms with van der Waals surface area (Å²) in [6.45, 7) is 8.03. The highest BCUT2D eigenvalue weighted by atomic mass is 32.2. The highest BCUT2D eigenvalue weighted by Crippen LogP contribution is 2.41. The first kappa shape index (κ1) is 37.8. The standard InChI is InChI=1S/C21H22N4O3S.C21H20N4O3S/c2*1-13-3-5-16(6-4-13)29(27,28)24-8-7-18-21(24)23-12-20-22-11-19(25(18)20)17-10-15(26)9-14(17)2/h3-8,11-12,14-15,17,26H,9-10H2,1-2H3;3-8,11-12,14,17H,9-10H2,1-2H3. The summed E-state index contributed by atoms with van der Waals surface area (Å²) in [6.07, 6.45) is 12.0. The Balaban J connectivity index is 0.000000150. The van der Waals surface area contributed by atoms with Gasteiger partial charge in [-0.3, -0.25) is 13.6 Å². The number of carbonyl (C=O) groups is 1. The smallest absolute Gasteiger partial charge is 0.269 e. The van der Waals surface area contributed by atoms with Gasteiger partial charge in [0.25, 0.3) is 20.0 Å². The van der Waals surface area contributed by atoms with E-state index in [0.29, 0.717) is 58.8 Å². The van der Waals surface area contributed by atoms with Crippen LogP contribution >= 0.6 is 0 Å². The molecule has 8 aromatic rings. The van der Waals surface area contributed by atoms with Gasteiger partial charge >= 0.3 is 0 Å². The molecule has 0 spiro atoms. The third-order valence-corrected chi connectivity index (χ3v) is 15.1. The van der Waals surface area contributed by atoms with Gasteiger partial charge < -0.3 is 5.11 Å². The predicted molar refractivity (Wildman–Crippen MR) is 218 cm³/mol. The van der Waals surface area contributed by atoms with Crippen molar-refractivity contribution in [3.05, 3.63) is 120 Å². The normalized spacial score (nSPS) is 21.4. The molecule has 2 aliphatic carbocycles. The van der Waals surface area contributed by atoms with Gasteiger partial charge in [0.15, 0.2) is 22.6 Å². The van der Waals surface area contributed by atoms with E-state index in [9.17, 15) is 26.7 Å². The number of fused-ring (bicyclic) bond motifs is 6. The molecule has 2 fully saturated rings. The van der Waals surface area contributed by atoms with Gasteiger partial charge in [0.05, 0.1) is 39.3 Å². The Morgan fingerprint density at radius 1 is 0.586 bits per heavy atom. The molecule has 2 aliphatic rings. The fraction of sp³-hybridized carbons (Fsp3) is 0.310. The number of aromatic nitrogens is 8. The molecule has 16 heteroatoms. The monoisotopic (exact) mass is 818 g/mol. The second-order valence-corrected chi connectivity index (χ2v) is 19.4. The van der Waals surface area contributed by atoms with Crippen LogP contribution in [0, 0.1) is 25.7 Å². The number of hydrogen-bond donors (Lipinski definition) is 1. The maximum Gasteiger partial charge on any atom is 0.269 e. The number of benzene rings is 2. The minimum Gasteiger partial charge on any atom is -0.393 e. The van der Waals surface area contributed by atoms with Crippen molar-refractivity contribution in [2.75, 3.05) is 0 Å². The number of nitrogens with zero attached hydrogens (tertiary/aromatic N) is 8. The topological polar surface area (TPSA) is 176 Å². The molecule has 10 rings (SSSR count). The summed E-state index contributed by atoms with van der Waals surface area (Å²) in [5, 5.41) is 10.1. The molecule has 298 valence electrons. The van der Waals surface area contributed by atoms with Crippen LogP contribution in [-0.4, -0.2) is 70.5 Å². The molecule has 58 heavy (non-hydrogen) atoms. The van der Waals surface area contributed by atoms with Gasteiger partial charge in [0.2, 0.25) is 0 Å². The molecule has 5 unspecified atom stereocenters. The lowest BCUT2D eigenvalue weighted by molar-refractivity contribution is -0.117. The summed E-state index contributed by atoms with van der Waals surface area (Å²) in [4.78, 5) is 30.1. The maximum atomic E-state index is 13.2. The number of aliphatic hydroxyl groups excluding tert-OH is 1. The number of hydrogen-bond acceptors (Lipinski definition) is 10. The molecular formula is C42H42N8O6S2. The van der Waals surface area contributed by atoms with Gasteiger partial charge in [-0.05, 0) is 74.9 Å². The van der Waals surface area contributed by atoms with Gasteiger partial charge in [-0.1, -0.05) is 49.2 Å². The van der Waals surface area contributed by atoms with Gasteiger partial charge in [0.1, 0.15) is 5.78 Å². The molecule has 0 saturated heterocycles. The Labute approximate surface area is 334 Å². The van der Waals surface area contributed by atoms with E-state index in [1.165, 1.54) is 14.1 Å². The lowest BCUT2D eigenvalue weighted by atomic mass is 9.95. The highest BCUT2D eigenvalue weighted by Gasteiger charge is 2.35. The molecule has 6 heterocycles. The van der Waals surface area contributed by atoms with Crippen molar-refractivity contribution in [2.45, 2.75) is 81.1 Å². The van der Waals surface area contributed by atoms with E-state index in [1.54, 1.807) is 85.5 Å². The summed E-state index contributed by atoms with van der Waals surface area (Å²) in [7, 11) is -7.54. The molecule has 5 atom stereocenters. The van der Waals surface area contributed by atoms with Crippen molar-refractivity contribution >= 4 is 59.5 Å². The molecule has 6 aromatic heterocycles. The van der Waals surface area contributed by atoms with E-state index in [-0.39, 0.29) is 39.4 Å². The molecule has 1 N–H and O–H groups in total. The number of carbonyl (C=O) groups excluding carboxylic acids is 1. The van der Waals surface area contributed by atoms with Crippen LogP contribution in [0.2, 0.25) is 0 Å². The van der Waals surface area contributed by atoms with Crippen molar-refractivity contribution in [2.24, 2.45) is 11.8 Å². The van der Waals surface area contributed by atoms with E-state index in [4.69, 9.17) is 0 Å². The summed E-state index contributed by atoms with van der Waals surface area (Å²) in [5.74, 6) is 1.04. The average molecular weight is 819 g/mol. The van der Waals surface area contributed by atoms with E-state index in [1.807, 2.05) is 28.8 Å². The van der Waals surface area contributed by atoms with Crippen LogP contribution in [0.3, 0.4) is 0 Å². The van der Waals surface area contributed by atoms with Crippen molar-refractivity contribution in [1.82, 2.24) is 36.7 Å². The highest BCUT2D eigenvalue weighted by molar-refractivity contribution is 7.90. The molecule has 0 amide bonds. The van der Waals surface area contributed by atoms with Crippen LogP contribution in [0.15, 0.2) is 108 Å². The first-order valence-electron chi connectivity index (χ1n) is 19.2. The maximum absolute atomic E-state index is 13.2. The number of rotatable bonds is 6. The second-order valence-electron chi connectivity index (χ2n) is 15.8. The molecule has 2 aromatic carbocycles. The summed E-state index contributed by atoms with van der Waals surface area (Å²) >= 11 is 0. The molecule has 0 radical (unpaired) electrons. The Morgan fingerprint density at radius 3 is 1.47 bits per heavy atom. The van der Waals surface area contributed by atoms with Gasteiger partial charge in [-0.15, -0.1) is 0 Å². The quantitative estimate of drug-likeness (QED) is 0.197. The first-order valence-corrected chi connectivity index (χ1v) is 22.1. The molecule has 0 bridgehead atoms. The molecule has 14 nitrogen and oxygen atoms in total. The first-order chi connectivity index (χ1) is 27.7. The van der Waals surface area contributed by atoms with E-state index < -0.39 is 20.0 Å². The third-order valence-electron chi connectivity index (χ3n) is 11.8. The molecule has 2 saturated carbocycles. The van der Waals surface area contributed by atoms with Crippen LogP contribution in [0.1, 0.15) is 73.9 Å². The fourth-order valence-corrected chi connectivity index (χ4v) is 11.3. The van der Waals surface area contributed by atoms with Crippen molar-refractivity contribution in [1.29, 1.82) is 0 Å². The Morgan fingerprint density at radius 2 is 1.05 bits per heavy atom. The summed E-state index contributed by atoms with van der Waals surface area (Å²) < 4.78 is 59.1. The number of ketones is 1. The van der Waals surface area contributed by atoms with Crippen molar-refractivity contribution < 1.29 is 26.7 Å². The number of aliphatic hydroxyl groups is 1. The van der Waals surface area contributed by atoms with Crippen molar-refractivity contribution in [3.8, 4) is 0 Å². The summed E-state index contributed by atoms with van der Waals surface area (Å²) in [6, 6.07) is 17.0. The van der Waals surface area contributed by atoms with Gasteiger partial charge in [-0.2, -0.15) is 0 Å². The third kappa shape index (κ3) is 6.21. The lowest BCUT2D eigenvalue weighted by Gasteiger charge is -2.15. The average Bonchev–Trinajstić information content (AvgIpc) is 4.04. The predicted octanol–water partition coefficient (Wildman–Crippen LogP) is 6.42. The van der Waals surface area contributed by atoms with Gasteiger partial charge in [0, 0.05) is 60.9 Å². The zero-order valence-electron chi connectivity index (χ0n) is 32.3. The van der Waals surface area contributed by atoms with E-state index in [0.717, 1.165) is 28.9 Å². The van der Waals surface area contributed by atoms with Crippen molar-refractivity contribution in [3.63, 3.8) is 0 Å².